The fourth-order valence-electron chi connectivity index (χ4n) is 2.75. The summed E-state index contributed by atoms with van der Waals surface area (Å²) >= 11 is 0. The zero-order valence-electron chi connectivity index (χ0n) is 10.1. The molecule has 0 atom stereocenters. The third-order valence-corrected chi connectivity index (χ3v) is 3.86. The number of rotatable bonds is 4. The molecule has 1 aliphatic heterocycles. The van der Waals surface area contributed by atoms with Gasteiger partial charge in [-0.25, -0.2) is 0 Å². The first-order valence-corrected chi connectivity index (χ1v) is 6.62. The van der Waals surface area contributed by atoms with E-state index in [0.29, 0.717) is 5.92 Å². The van der Waals surface area contributed by atoms with Crippen LogP contribution in [0.1, 0.15) is 37.3 Å². The summed E-state index contributed by atoms with van der Waals surface area (Å²) in [5.74, 6) is 2.86. The molecule has 2 heterocycles. The highest BCUT2D eigenvalue weighted by molar-refractivity contribution is 4.98. The average molecular weight is 236 g/mol. The molecule has 2 aliphatic rings. The Morgan fingerprint density at radius 3 is 3.00 bits per heavy atom. The van der Waals surface area contributed by atoms with Crippen LogP contribution in [0.5, 0.6) is 0 Å². The number of aromatic nitrogens is 3. The van der Waals surface area contributed by atoms with Gasteiger partial charge in [0.25, 0.3) is 0 Å². The molecule has 1 fully saturated rings. The second-order valence-corrected chi connectivity index (χ2v) is 5.26. The summed E-state index contributed by atoms with van der Waals surface area (Å²) < 4.78 is 2.26. The van der Waals surface area contributed by atoms with Crippen molar-refractivity contribution in [1.29, 1.82) is 0 Å². The van der Waals surface area contributed by atoms with Crippen LogP contribution in [-0.2, 0) is 19.5 Å². The van der Waals surface area contributed by atoms with Crippen LogP contribution < -0.4 is 5.32 Å². The van der Waals surface area contributed by atoms with E-state index in [1.54, 1.807) is 0 Å². The topological polar surface area (TPSA) is 63.0 Å². The highest BCUT2D eigenvalue weighted by Gasteiger charge is 2.26. The van der Waals surface area contributed by atoms with Crippen LogP contribution in [0.4, 0.5) is 0 Å². The molecule has 1 aliphatic carbocycles. The number of aryl methyl sites for hydroxylation is 1. The zero-order chi connectivity index (χ0) is 11.7. The molecule has 1 aromatic heterocycles. The molecule has 0 unspecified atom stereocenters. The summed E-state index contributed by atoms with van der Waals surface area (Å²) in [6.07, 6.45) is 5.40. The molecule has 0 bridgehead atoms. The first-order valence-electron chi connectivity index (χ1n) is 6.62. The molecule has 1 aromatic rings. The lowest BCUT2D eigenvalue weighted by atomic mass is 9.82. The first kappa shape index (κ1) is 11.2. The Morgan fingerprint density at radius 1 is 1.29 bits per heavy atom. The van der Waals surface area contributed by atoms with E-state index < -0.39 is 0 Å². The van der Waals surface area contributed by atoms with Crippen LogP contribution >= 0.6 is 0 Å². The Balaban J connectivity index is 1.49. The summed E-state index contributed by atoms with van der Waals surface area (Å²) in [7, 11) is 0. The third kappa shape index (κ3) is 2.35. The van der Waals surface area contributed by atoms with Crippen LogP contribution in [0.15, 0.2) is 0 Å². The van der Waals surface area contributed by atoms with Crippen molar-refractivity contribution in [3.63, 3.8) is 0 Å². The molecule has 5 nitrogen and oxygen atoms in total. The van der Waals surface area contributed by atoms with Crippen LogP contribution in [0.25, 0.3) is 0 Å². The summed E-state index contributed by atoms with van der Waals surface area (Å²) in [6, 6.07) is 0. The third-order valence-electron chi connectivity index (χ3n) is 3.86. The van der Waals surface area contributed by atoms with Gasteiger partial charge >= 0.3 is 0 Å². The lowest BCUT2D eigenvalue weighted by Crippen LogP contribution is -2.36. The van der Waals surface area contributed by atoms with Gasteiger partial charge in [-0.15, -0.1) is 10.2 Å². The molecule has 0 aromatic carbocycles. The maximum Gasteiger partial charge on any atom is 0.147 e. The molecule has 0 radical (unpaired) electrons. The molecule has 3 rings (SSSR count). The molecule has 5 heteroatoms. The summed E-state index contributed by atoms with van der Waals surface area (Å²) in [5.41, 5.74) is 0. The van der Waals surface area contributed by atoms with Crippen LogP contribution in [0.2, 0.25) is 0 Å². The minimum atomic E-state index is -0.0531. The Hall–Kier alpha value is -0.940. The maximum absolute atomic E-state index is 9.21. The van der Waals surface area contributed by atoms with Crippen molar-refractivity contribution >= 4 is 0 Å². The predicted octanol–water partition coefficient (Wildman–Crippen LogP) is 0.475. The lowest BCUT2D eigenvalue weighted by Gasteiger charge is -2.31. The molecule has 0 amide bonds. The van der Waals surface area contributed by atoms with Crippen molar-refractivity contribution in [3.8, 4) is 0 Å². The number of nitrogens with one attached hydrogen (secondary N) is 1. The molecular weight excluding hydrogens is 216 g/mol. The van der Waals surface area contributed by atoms with Gasteiger partial charge in [-0.05, 0) is 38.1 Å². The number of fused-ring (bicyclic) bond motifs is 1. The lowest BCUT2D eigenvalue weighted by molar-refractivity contribution is 0.0428. The van der Waals surface area contributed by atoms with Gasteiger partial charge in [0, 0.05) is 13.0 Å². The van der Waals surface area contributed by atoms with Gasteiger partial charge in [0.1, 0.15) is 11.6 Å². The van der Waals surface area contributed by atoms with E-state index in [1.807, 2.05) is 0 Å². The summed E-state index contributed by atoms with van der Waals surface area (Å²) in [5, 5.41) is 21.1. The highest BCUT2D eigenvalue weighted by atomic mass is 16.3. The number of nitrogens with zero attached hydrogens (tertiary/aromatic N) is 3. The van der Waals surface area contributed by atoms with Crippen molar-refractivity contribution in [1.82, 2.24) is 20.1 Å². The Morgan fingerprint density at radius 2 is 2.18 bits per heavy atom. The van der Waals surface area contributed by atoms with Crippen LogP contribution in [0, 0.1) is 5.92 Å². The normalized spacial score (nSPS) is 27.6. The monoisotopic (exact) mass is 236 g/mol. The van der Waals surface area contributed by atoms with Crippen molar-refractivity contribution in [2.45, 2.75) is 51.3 Å². The van der Waals surface area contributed by atoms with Gasteiger partial charge in [-0.3, -0.25) is 0 Å². The Kier molecular flexibility index (Phi) is 3.11. The van der Waals surface area contributed by atoms with Crippen LogP contribution in [-0.4, -0.2) is 32.5 Å². The van der Waals surface area contributed by atoms with Crippen molar-refractivity contribution < 1.29 is 5.11 Å². The second kappa shape index (κ2) is 4.74. The minimum absolute atomic E-state index is 0.0531. The number of hydrogen-bond acceptors (Lipinski definition) is 4. The van der Waals surface area contributed by atoms with Gasteiger partial charge in [0.2, 0.25) is 0 Å². The van der Waals surface area contributed by atoms with Crippen molar-refractivity contribution in [2.75, 3.05) is 6.54 Å². The predicted molar refractivity (Wildman–Crippen MR) is 63.4 cm³/mol. The summed E-state index contributed by atoms with van der Waals surface area (Å²) in [6.45, 7) is 2.86. The molecule has 0 spiro atoms. The standard InChI is InChI=1S/C12H20N4O/c17-10-5-9(6-10)7-13-8-12-15-14-11-3-1-2-4-16(11)12/h9-10,13,17H,1-8H2. The number of hydrogen-bond donors (Lipinski definition) is 2. The van der Waals surface area contributed by atoms with Gasteiger partial charge in [0.05, 0.1) is 12.6 Å². The Bertz CT molecular complexity index is 384. The van der Waals surface area contributed by atoms with Crippen molar-refractivity contribution in [3.05, 3.63) is 11.6 Å². The molecule has 17 heavy (non-hydrogen) atoms. The highest BCUT2D eigenvalue weighted by Crippen LogP contribution is 2.26. The largest absolute Gasteiger partial charge is 0.393 e. The van der Waals surface area contributed by atoms with Gasteiger partial charge in [0.15, 0.2) is 0 Å². The number of aliphatic hydroxyl groups is 1. The fraction of sp³-hybridized carbons (Fsp3) is 0.833. The second-order valence-electron chi connectivity index (χ2n) is 5.26. The van der Waals surface area contributed by atoms with E-state index in [0.717, 1.165) is 50.5 Å². The van der Waals surface area contributed by atoms with Crippen molar-refractivity contribution in [2.24, 2.45) is 5.92 Å². The Labute approximate surface area is 101 Å². The minimum Gasteiger partial charge on any atom is -0.393 e. The van der Waals surface area contributed by atoms with Crippen LogP contribution in [0.3, 0.4) is 0 Å². The van der Waals surface area contributed by atoms with Gasteiger partial charge in [-0.2, -0.15) is 0 Å². The van der Waals surface area contributed by atoms with Gasteiger partial charge in [-0.1, -0.05) is 0 Å². The molecular formula is C12H20N4O. The SMILES string of the molecule is OC1CC(CNCc2nnc3n2CCCC3)C1. The van der Waals surface area contributed by atoms with E-state index in [-0.39, 0.29) is 6.10 Å². The molecule has 1 saturated carbocycles. The maximum atomic E-state index is 9.21. The fourth-order valence-corrected chi connectivity index (χ4v) is 2.75. The van der Waals surface area contributed by atoms with E-state index in [4.69, 9.17) is 0 Å². The quantitative estimate of drug-likeness (QED) is 0.798. The average Bonchev–Trinajstić information content (AvgIpc) is 2.70. The first-order chi connectivity index (χ1) is 8.33. The zero-order valence-corrected chi connectivity index (χ0v) is 10.1. The molecule has 2 N–H and O–H groups in total. The van der Waals surface area contributed by atoms with E-state index in [1.165, 1.54) is 12.8 Å². The summed E-state index contributed by atoms with van der Waals surface area (Å²) in [4.78, 5) is 0. The van der Waals surface area contributed by atoms with E-state index in [2.05, 4.69) is 20.1 Å². The molecule has 94 valence electrons. The van der Waals surface area contributed by atoms with E-state index >= 15 is 0 Å². The van der Waals surface area contributed by atoms with Gasteiger partial charge < -0.3 is 15.0 Å². The molecule has 0 saturated heterocycles. The smallest absolute Gasteiger partial charge is 0.147 e. The number of aliphatic hydroxyl groups excluding tert-OH is 1. The van der Waals surface area contributed by atoms with E-state index in [9.17, 15) is 5.11 Å².